The predicted molar refractivity (Wildman–Crippen MR) is 46.9 cm³/mol. The van der Waals surface area contributed by atoms with Gasteiger partial charge in [-0.05, 0) is 25.0 Å². The first-order valence-corrected chi connectivity index (χ1v) is 4.41. The average Bonchev–Trinajstić information content (AvgIpc) is 2.71. The van der Waals surface area contributed by atoms with Crippen LogP contribution < -0.4 is 0 Å². The number of hydrogen-bond acceptors (Lipinski definition) is 3. The fourth-order valence-electron chi connectivity index (χ4n) is 1.36. The lowest BCUT2D eigenvalue weighted by Crippen LogP contribution is -2.09. The van der Waals surface area contributed by atoms with E-state index < -0.39 is 6.10 Å². The minimum atomic E-state index is -0.668. The summed E-state index contributed by atoms with van der Waals surface area (Å²) in [5, 5.41) is 9.78. The molecule has 1 aliphatic heterocycles. The molecule has 0 spiro atoms. The molecule has 70 valence electrons. The van der Waals surface area contributed by atoms with Crippen molar-refractivity contribution in [3.05, 3.63) is 36.0 Å². The van der Waals surface area contributed by atoms with Crippen LogP contribution >= 0.6 is 0 Å². The van der Waals surface area contributed by atoms with Crippen molar-refractivity contribution in [2.75, 3.05) is 6.61 Å². The van der Waals surface area contributed by atoms with Crippen molar-refractivity contribution in [3.63, 3.8) is 0 Å². The highest BCUT2D eigenvalue weighted by molar-refractivity contribution is 5.19. The summed E-state index contributed by atoms with van der Waals surface area (Å²) in [5.74, 6) is 0.646. The Balaban J connectivity index is 2.12. The molecule has 0 aliphatic carbocycles. The van der Waals surface area contributed by atoms with E-state index in [9.17, 15) is 5.11 Å². The molecule has 1 atom stereocenters. The van der Waals surface area contributed by atoms with Crippen LogP contribution in [0, 0.1) is 0 Å². The summed E-state index contributed by atoms with van der Waals surface area (Å²) in [6.07, 6.45) is 6.34. The van der Waals surface area contributed by atoms with Gasteiger partial charge in [0.1, 0.15) is 11.9 Å². The van der Waals surface area contributed by atoms with Gasteiger partial charge in [0.15, 0.2) is 0 Å². The number of aliphatic hydroxyl groups excluding tert-OH is 1. The molecule has 0 aromatic carbocycles. The maximum absolute atomic E-state index is 9.78. The minimum Gasteiger partial charge on any atom is -0.495 e. The quantitative estimate of drug-likeness (QED) is 0.757. The van der Waals surface area contributed by atoms with E-state index in [1.54, 1.807) is 12.3 Å². The minimum absolute atomic E-state index is 0.646. The van der Waals surface area contributed by atoms with E-state index in [0.29, 0.717) is 12.4 Å². The van der Waals surface area contributed by atoms with Crippen molar-refractivity contribution in [1.29, 1.82) is 0 Å². The molecule has 0 saturated heterocycles. The van der Waals surface area contributed by atoms with Crippen LogP contribution in [0.1, 0.15) is 24.5 Å². The van der Waals surface area contributed by atoms with Crippen molar-refractivity contribution in [2.24, 2.45) is 0 Å². The lowest BCUT2D eigenvalue weighted by atomic mass is 10.1. The van der Waals surface area contributed by atoms with Gasteiger partial charge >= 0.3 is 0 Å². The van der Waals surface area contributed by atoms with Gasteiger partial charge in [0.05, 0.1) is 19.1 Å². The molecule has 1 N–H and O–H groups in total. The number of hydrogen-bond donors (Lipinski definition) is 1. The molecule has 1 aromatic heterocycles. The van der Waals surface area contributed by atoms with Crippen LogP contribution in [0.4, 0.5) is 0 Å². The SMILES string of the molecule is OC(C1=CCCCO1)c1ccoc1. The first-order valence-electron chi connectivity index (χ1n) is 4.41. The summed E-state index contributed by atoms with van der Waals surface area (Å²) in [6, 6.07) is 1.74. The highest BCUT2D eigenvalue weighted by Gasteiger charge is 2.17. The van der Waals surface area contributed by atoms with Crippen molar-refractivity contribution in [1.82, 2.24) is 0 Å². The van der Waals surface area contributed by atoms with Gasteiger partial charge in [-0.15, -0.1) is 0 Å². The first kappa shape index (κ1) is 8.38. The summed E-state index contributed by atoms with van der Waals surface area (Å²) in [5.41, 5.74) is 0.744. The third-order valence-electron chi connectivity index (χ3n) is 2.09. The maximum atomic E-state index is 9.78. The topological polar surface area (TPSA) is 42.6 Å². The highest BCUT2D eigenvalue weighted by atomic mass is 16.5. The molecule has 0 bridgehead atoms. The number of rotatable bonds is 2. The molecule has 3 heteroatoms. The third kappa shape index (κ3) is 1.75. The molecule has 1 aliphatic rings. The van der Waals surface area contributed by atoms with Crippen molar-refractivity contribution in [2.45, 2.75) is 18.9 Å². The molecule has 0 radical (unpaired) electrons. The fourth-order valence-corrected chi connectivity index (χ4v) is 1.36. The lowest BCUT2D eigenvalue weighted by molar-refractivity contribution is 0.0914. The standard InChI is InChI=1S/C10H12O3/c11-10(8-4-6-12-7-8)9-3-1-2-5-13-9/h3-4,6-7,10-11H,1-2,5H2. The smallest absolute Gasteiger partial charge is 0.139 e. The Hall–Kier alpha value is -1.22. The van der Waals surface area contributed by atoms with Crippen LogP contribution in [0.3, 0.4) is 0 Å². The van der Waals surface area contributed by atoms with Crippen molar-refractivity contribution in [3.8, 4) is 0 Å². The van der Waals surface area contributed by atoms with E-state index in [2.05, 4.69) is 0 Å². The normalized spacial score (nSPS) is 19.0. The molecular formula is C10H12O3. The van der Waals surface area contributed by atoms with Gasteiger partial charge in [0.2, 0.25) is 0 Å². The van der Waals surface area contributed by atoms with Crippen LogP contribution in [-0.2, 0) is 4.74 Å². The van der Waals surface area contributed by atoms with Gasteiger partial charge in [-0.1, -0.05) is 0 Å². The molecule has 0 saturated carbocycles. The Morgan fingerprint density at radius 3 is 3.00 bits per heavy atom. The van der Waals surface area contributed by atoms with Gasteiger partial charge in [0, 0.05) is 5.56 Å². The second kappa shape index (κ2) is 3.66. The summed E-state index contributed by atoms with van der Waals surface area (Å²) in [4.78, 5) is 0. The van der Waals surface area contributed by atoms with Gasteiger partial charge in [-0.25, -0.2) is 0 Å². The predicted octanol–water partition coefficient (Wildman–Crippen LogP) is 2.01. The molecule has 3 nitrogen and oxygen atoms in total. The zero-order chi connectivity index (χ0) is 9.10. The van der Waals surface area contributed by atoms with Gasteiger partial charge in [-0.3, -0.25) is 0 Å². The monoisotopic (exact) mass is 180 g/mol. The summed E-state index contributed by atoms with van der Waals surface area (Å²) < 4.78 is 10.2. The zero-order valence-corrected chi connectivity index (χ0v) is 7.27. The first-order chi connectivity index (χ1) is 6.38. The van der Waals surface area contributed by atoms with E-state index in [1.165, 1.54) is 6.26 Å². The number of allylic oxidation sites excluding steroid dienone is 1. The molecule has 1 aromatic rings. The molecule has 2 heterocycles. The Morgan fingerprint density at radius 2 is 2.38 bits per heavy atom. The Morgan fingerprint density at radius 1 is 1.46 bits per heavy atom. The summed E-state index contributed by atoms with van der Waals surface area (Å²) >= 11 is 0. The number of aliphatic hydroxyl groups is 1. The average molecular weight is 180 g/mol. The van der Waals surface area contributed by atoms with Gasteiger partial charge < -0.3 is 14.3 Å². The summed E-state index contributed by atoms with van der Waals surface area (Å²) in [7, 11) is 0. The molecular weight excluding hydrogens is 168 g/mol. The van der Waals surface area contributed by atoms with Crippen LogP contribution in [0.15, 0.2) is 34.8 Å². The van der Waals surface area contributed by atoms with Crippen LogP contribution in [0.25, 0.3) is 0 Å². The molecule has 0 fully saturated rings. The van der Waals surface area contributed by atoms with Gasteiger partial charge in [-0.2, -0.15) is 0 Å². The second-order valence-corrected chi connectivity index (χ2v) is 3.06. The van der Waals surface area contributed by atoms with E-state index in [4.69, 9.17) is 9.15 Å². The number of furan rings is 1. The Labute approximate surface area is 76.6 Å². The summed E-state index contributed by atoms with van der Waals surface area (Å²) in [6.45, 7) is 0.695. The zero-order valence-electron chi connectivity index (χ0n) is 7.27. The van der Waals surface area contributed by atoms with Crippen LogP contribution in [-0.4, -0.2) is 11.7 Å². The fraction of sp³-hybridized carbons (Fsp3) is 0.400. The molecule has 13 heavy (non-hydrogen) atoms. The van der Waals surface area contributed by atoms with E-state index in [1.807, 2.05) is 6.08 Å². The largest absolute Gasteiger partial charge is 0.495 e. The van der Waals surface area contributed by atoms with Gasteiger partial charge in [0.25, 0.3) is 0 Å². The van der Waals surface area contributed by atoms with Crippen molar-refractivity contribution >= 4 is 0 Å². The molecule has 0 amide bonds. The van der Waals surface area contributed by atoms with E-state index in [0.717, 1.165) is 18.4 Å². The highest BCUT2D eigenvalue weighted by Crippen LogP contribution is 2.25. The van der Waals surface area contributed by atoms with E-state index >= 15 is 0 Å². The van der Waals surface area contributed by atoms with Crippen LogP contribution in [0.2, 0.25) is 0 Å². The maximum Gasteiger partial charge on any atom is 0.139 e. The van der Waals surface area contributed by atoms with Crippen LogP contribution in [0.5, 0.6) is 0 Å². The van der Waals surface area contributed by atoms with E-state index in [-0.39, 0.29) is 0 Å². The Kier molecular flexibility index (Phi) is 2.36. The van der Waals surface area contributed by atoms with Crippen molar-refractivity contribution < 1.29 is 14.3 Å². The molecule has 2 rings (SSSR count). The Bertz CT molecular complexity index is 287. The second-order valence-electron chi connectivity index (χ2n) is 3.06. The lowest BCUT2D eigenvalue weighted by Gasteiger charge is -2.18. The molecule has 1 unspecified atom stereocenters. The third-order valence-corrected chi connectivity index (χ3v) is 2.09. The number of ether oxygens (including phenoxy) is 1.